The second-order valence-electron chi connectivity index (χ2n) is 5.72. The molecule has 2 aromatic carbocycles. The van der Waals surface area contributed by atoms with Crippen molar-refractivity contribution >= 4 is 33.5 Å². The van der Waals surface area contributed by atoms with Gasteiger partial charge in [0.15, 0.2) is 6.04 Å². The highest BCUT2D eigenvalue weighted by Crippen LogP contribution is 2.21. The number of nitrogens with one attached hydrogen (secondary N) is 1. The van der Waals surface area contributed by atoms with Gasteiger partial charge in [-0.2, -0.15) is 0 Å². The summed E-state index contributed by atoms with van der Waals surface area (Å²) in [4.78, 5) is 29.9. The Bertz CT molecular complexity index is 821. The van der Waals surface area contributed by atoms with Crippen molar-refractivity contribution < 1.29 is 19.2 Å². The van der Waals surface area contributed by atoms with E-state index in [1.54, 1.807) is 24.3 Å². The highest BCUT2D eigenvalue weighted by Gasteiger charge is 2.32. The number of nitrogens with zero attached hydrogens (tertiary/aromatic N) is 1. The van der Waals surface area contributed by atoms with E-state index in [0.29, 0.717) is 17.7 Å². The van der Waals surface area contributed by atoms with Crippen LogP contribution in [0.1, 0.15) is 23.6 Å². The Balaban J connectivity index is 1.69. The van der Waals surface area contributed by atoms with Gasteiger partial charge in [-0.15, -0.1) is 0 Å². The molecule has 1 aliphatic rings. The Kier molecular flexibility index (Phi) is 5.68. The summed E-state index contributed by atoms with van der Waals surface area (Å²) < 4.78 is 5.69. The Morgan fingerprint density at radius 3 is 2.54 bits per heavy atom. The molecule has 134 valence electrons. The van der Waals surface area contributed by atoms with Gasteiger partial charge in [0.1, 0.15) is 0 Å². The molecule has 1 heterocycles. The van der Waals surface area contributed by atoms with E-state index in [1.807, 2.05) is 30.3 Å². The van der Waals surface area contributed by atoms with Gasteiger partial charge in [0.05, 0.1) is 12.8 Å². The van der Waals surface area contributed by atoms with Crippen molar-refractivity contribution in [1.82, 2.24) is 5.32 Å². The molecule has 0 radical (unpaired) electrons. The van der Waals surface area contributed by atoms with Crippen LogP contribution >= 0.6 is 15.9 Å². The first-order valence-corrected chi connectivity index (χ1v) is 8.79. The van der Waals surface area contributed by atoms with Crippen molar-refractivity contribution in [2.45, 2.75) is 18.6 Å². The molecule has 1 amide bonds. The Hall–Kier alpha value is -2.67. The summed E-state index contributed by atoms with van der Waals surface area (Å²) >= 11 is 3.34. The molecule has 0 aromatic heterocycles. The first-order valence-electron chi connectivity index (χ1n) is 8.00. The van der Waals surface area contributed by atoms with Crippen LogP contribution in [0.2, 0.25) is 0 Å². The lowest BCUT2D eigenvalue weighted by atomic mass is 10.0. The predicted molar refractivity (Wildman–Crippen MR) is 99.5 cm³/mol. The third-order valence-electron chi connectivity index (χ3n) is 4.00. The molecule has 0 bridgehead atoms. The lowest BCUT2D eigenvalue weighted by Gasteiger charge is -2.18. The minimum Gasteiger partial charge on any atom is -0.467 e. The van der Waals surface area contributed by atoms with Crippen LogP contribution in [0.15, 0.2) is 64.2 Å². The third kappa shape index (κ3) is 4.11. The number of esters is 1. The molecular weight excluding hydrogens is 400 g/mol. The van der Waals surface area contributed by atoms with Crippen LogP contribution < -0.4 is 5.32 Å². The SMILES string of the molecule is COC(=O)C(NC(=O)C1CC(c2ccccc2)=NO1)c1ccc(Br)cc1. The van der Waals surface area contributed by atoms with E-state index in [2.05, 4.69) is 26.4 Å². The molecule has 1 aliphatic heterocycles. The highest BCUT2D eigenvalue weighted by atomic mass is 79.9. The van der Waals surface area contributed by atoms with Gasteiger partial charge >= 0.3 is 5.97 Å². The molecule has 3 rings (SSSR count). The van der Waals surface area contributed by atoms with Crippen LogP contribution in [0.4, 0.5) is 0 Å². The molecule has 0 saturated heterocycles. The van der Waals surface area contributed by atoms with E-state index in [1.165, 1.54) is 7.11 Å². The average Bonchev–Trinajstić information content (AvgIpc) is 3.17. The van der Waals surface area contributed by atoms with Gasteiger partial charge in [0, 0.05) is 10.9 Å². The number of rotatable bonds is 5. The molecule has 0 fully saturated rings. The second kappa shape index (κ2) is 8.14. The average molecular weight is 417 g/mol. The van der Waals surface area contributed by atoms with Crippen molar-refractivity contribution in [3.8, 4) is 0 Å². The van der Waals surface area contributed by atoms with Gasteiger partial charge in [-0.3, -0.25) is 4.79 Å². The lowest BCUT2D eigenvalue weighted by molar-refractivity contribution is -0.147. The predicted octanol–water partition coefficient (Wildman–Crippen LogP) is 2.97. The summed E-state index contributed by atoms with van der Waals surface area (Å²) in [6.07, 6.45) is -0.447. The minimum absolute atomic E-state index is 0.337. The van der Waals surface area contributed by atoms with Crippen LogP contribution in [0.25, 0.3) is 0 Å². The number of amides is 1. The molecule has 2 aromatic rings. The van der Waals surface area contributed by atoms with Crippen LogP contribution in [-0.2, 0) is 19.2 Å². The molecule has 7 heteroatoms. The summed E-state index contributed by atoms with van der Waals surface area (Å²) in [6, 6.07) is 15.7. The maximum absolute atomic E-state index is 12.6. The molecule has 2 atom stereocenters. The largest absolute Gasteiger partial charge is 0.467 e. The van der Waals surface area contributed by atoms with Crippen molar-refractivity contribution in [3.63, 3.8) is 0 Å². The van der Waals surface area contributed by atoms with E-state index in [0.717, 1.165) is 10.0 Å². The summed E-state index contributed by atoms with van der Waals surface area (Å²) in [7, 11) is 1.28. The Morgan fingerprint density at radius 2 is 1.88 bits per heavy atom. The standard InChI is InChI=1S/C19H17BrN2O4/c1-25-19(24)17(13-7-9-14(20)10-8-13)21-18(23)16-11-15(22-26-16)12-5-3-2-4-6-12/h2-10,16-17H,11H2,1H3,(H,21,23). The number of hydrogen-bond acceptors (Lipinski definition) is 5. The fourth-order valence-corrected chi connectivity index (χ4v) is 2.87. The fraction of sp³-hybridized carbons (Fsp3) is 0.211. The quantitative estimate of drug-likeness (QED) is 0.759. The van der Waals surface area contributed by atoms with Crippen molar-refractivity contribution in [1.29, 1.82) is 0 Å². The van der Waals surface area contributed by atoms with E-state index >= 15 is 0 Å². The van der Waals surface area contributed by atoms with Crippen molar-refractivity contribution in [3.05, 3.63) is 70.2 Å². The number of hydrogen-bond donors (Lipinski definition) is 1. The molecule has 0 aliphatic carbocycles. The van der Waals surface area contributed by atoms with E-state index in [-0.39, 0.29) is 0 Å². The maximum Gasteiger partial charge on any atom is 0.333 e. The number of methoxy groups -OCH3 is 1. The number of ether oxygens (including phenoxy) is 1. The molecule has 2 unspecified atom stereocenters. The summed E-state index contributed by atoms with van der Waals surface area (Å²) in [5.41, 5.74) is 2.22. The zero-order valence-corrected chi connectivity index (χ0v) is 15.6. The van der Waals surface area contributed by atoms with Gasteiger partial charge < -0.3 is 14.9 Å². The maximum atomic E-state index is 12.6. The van der Waals surface area contributed by atoms with Crippen LogP contribution in [0.5, 0.6) is 0 Å². The van der Waals surface area contributed by atoms with Crippen molar-refractivity contribution in [2.75, 3.05) is 7.11 Å². The molecule has 26 heavy (non-hydrogen) atoms. The first kappa shape index (κ1) is 18.1. The van der Waals surface area contributed by atoms with Crippen molar-refractivity contribution in [2.24, 2.45) is 5.16 Å². The van der Waals surface area contributed by atoms with E-state index in [4.69, 9.17) is 9.57 Å². The molecule has 6 nitrogen and oxygen atoms in total. The normalized spacial score (nSPS) is 17.0. The highest BCUT2D eigenvalue weighted by molar-refractivity contribution is 9.10. The lowest BCUT2D eigenvalue weighted by Crippen LogP contribution is -2.40. The van der Waals surface area contributed by atoms with Gasteiger partial charge in [0.25, 0.3) is 5.91 Å². The number of benzene rings is 2. The molecule has 1 N–H and O–H groups in total. The zero-order valence-electron chi connectivity index (χ0n) is 14.0. The number of oxime groups is 1. The number of halogens is 1. The zero-order chi connectivity index (χ0) is 18.5. The van der Waals surface area contributed by atoms with Crippen LogP contribution in [-0.4, -0.2) is 30.8 Å². The van der Waals surface area contributed by atoms with Gasteiger partial charge in [0.2, 0.25) is 6.10 Å². The monoisotopic (exact) mass is 416 g/mol. The van der Waals surface area contributed by atoms with Crippen LogP contribution in [0, 0.1) is 0 Å². The summed E-state index contributed by atoms with van der Waals surface area (Å²) in [6.45, 7) is 0. The molecule has 0 spiro atoms. The van der Waals surface area contributed by atoms with Gasteiger partial charge in [-0.25, -0.2) is 4.79 Å². The Labute approximate surface area is 159 Å². The summed E-state index contributed by atoms with van der Waals surface area (Å²) in [5, 5.41) is 6.69. The van der Waals surface area contributed by atoms with Gasteiger partial charge in [-0.1, -0.05) is 63.6 Å². The topological polar surface area (TPSA) is 77.0 Å². The van der Waals surface area contributed by atoms with Gasteiger partial charge in [-0.05, 0) is 23.3 Å². The number of carbonyl (C=O) groups is 2. The third-order valence-corrected chi connectivity index (χ3v) is 4.52. The second-order valence-corrected chi connectivity index (χ2v) is 6.63. The fourth-order valence-electron chi connectivity index (χ4n) is 2.61. The molecule has 0 saturated carbocycles. The summed E-state index contributed by atoms with van der Waals surface area (Å²) in [5.74, 6) is -0.971. The Morgan fingerprint density at radius 1 is 1.19 bits per heavy atom. The smallest absolute Gasteiger partial charge is 0.333 e. The first-order chi connectivity index (χ1) is 12.6. The minimum atomic E-state index is -0.912. The van der Waals surface area contributed by atoms with Crippen LogP contribution in [0.3, 0.4) is 0 Å². The van der Waals surface area contributed by atoms with E-state index < -0.39 is 24.0 Å². The molecular formula is C19H17BrN2O4. The van der Waals surface area contributed by atoms with E-state index in [9.17, 15) is 9.59 Å². The number of carbonyl (C=O) groups excluding carboxylic acids is 2.